The van der Waals surface area contributed by atoms with Crippen molar-refractivity contribution in [2.24, 2.45) is 0 Å². The van der Waals surface area contributed by atoms with Crippen LogP contribution in [0.1, 0.15) is 13.8 Å². The summed E-state index contributed by atoms with van der Waals surface area (Å²) < 4.78 is 9.99. The number of esters is 1. The zero-order valence-corrected chi connectivity index (χ0v) is 10.3. The Morgan fingerprint density at radius 3 is 2.76 bits per heavy atom. The summed E-state index contributed by atoms with van der Waals surface area (Å²) in [6, 6.07) is 4.83. The lowest BCUT2D eigenvalue weighted by Crippen LogP contribution is -2.27. The molecule has 0 radical (unpaired) electrons. The first-order chi connectivity index (χ1) is 8.06. The number of hydrogen-bond acceptors (Lipinski definition) is 5. The van der Waals surface area contributed by atoms with Crippen molar-refractivity contribution in [3.05, 3.63) is 18.2 Å². The van der Waals surface area contributed by atoms with E-state index in [0.717, 1.165) is 5.69 Å². The second-order valence-electron chi connectivity index (χ2n) is 3.61. The quantitative estimate of drug-likeness (QED) is 0.602. The molecule has 1 unspecified atom stereocenters. The average Bonchev–Trinajstić information content (AvgIpc) is 2.27. The van der Waals surface area contributed by atoms with Gasteiger partial charge in [-0.25, -0.2) is 4.79 Å². The number of rotatable bonds is 5. The van der Waals surface area contributed by atoms with Gasteiger partial charge in [0.15, 0.2) is 0 Å². The van der Waals surface area contributed by atoms with Crippen LogP contribution in [0.25, 0.3) is 0 Å². The van der Waals surface area contributed by atoms with Crippen LogP contribution in [0.4, 0.5) is 11.4 Å². The minimum Gasteiger partial charge on any atom is -0.494 e. The van der Waals surface area contributed by atoms with Crippen molar-refractivity contribution in [2.45, 2.75) is 19.9 Å². The van der Waals surface area contributed by atoms with Gasteiger partial charge in [-0.2, -0.15) is 0 Å². The number of ether oxygens (including phenoxy) is 2. The summed E-state index contributed by atoms with van der Waals surface area (Å²) in [5.74, 6) is 0.345. The van der Waals surface area contributed by atoms with Crippen molar-refractivity contribution in [2.75, 3.05) is 24.8 Å². The highest BCUT2D eigenvalue weighted by Crippen LogP contribution is 2.23. The Kier molecular flexibility index (Phi) is 4.63. The molecule has 0 heterocycles. The number of methoxy groups -OCH3 is 1. The van der Waals surface area contributed by atoms with Crippen LogP contribution in [-0.2, 0) is 9.53 Å². The zero-order valence-electron chi connectivity index (χ0n) is 10.3. The molecule has 1 atom stereocenters. The van der Waals surface area contributed by atoms with Gasteiger partial charge in [-0.05, 0) is 19.9 Å². The fourth-order valence-corrected chi connectivity index (χ4v) is 1.44. The molecule has 0 fully saturated rings. The third-order valence-corrected chi connectivity index (χ3v) is 2.18. The molecule has 0 spiro atoms. The molecule has 0 saturated carbocycles. The maximum absolute atomic E-state index is 11.3. The number of carbonyl (C=O) groups excluding carboxylic acids is 1. The van der Waals surface area contributed by atoms with Gasteiger partial charge in [-0.15, -0.1) is 0 Å². The van der Waals surface area contributed by atoms with Crippen molar-refractivity contribution < 1.29 is 14.3 Å². The molecule has 3 N–H and O–H groups in total. The molecule has 94 valence electrons. The van der Waals surface area contributed by atoms with Gasteiger partial charge < -0.3 is 20.5 Å². The number of anilines is 2. The summed E-state index contributed by atoms with van der Waals surface area (Å²) in [5, 5.41) is 3.00. The van der Waals surface area contributed by atoms with E-state index in [2.05, 4.69) is 10.1 Å². The lowest BCUT2D eigenvalue weighted by molar-refractivity contribution is -0.141. The number of carbonyl (C=O) groups is 1. The molecule has 0 amide bonds. The van der Waals surface area contributed by atoms with E-state index >= 15 is 0 Å². The molecule has 0 bridgehead atoms. The molecule has 0 saturated heterocycles. The van der Waals surface area contributed by atoms with Gasteiger partial charge in [0.2, 0.25) is 0 Å². The Balaban J connectivity index is 2.80. The van der Waals surface area contributed by atoms with E-state index in [9.17, 15) is 4.79 Å². The lowest BCUT2D eigenvalue weighted by Gasteiger charge is -2.14. The van der Waals surface area contributed by atoms with E-state index in [0.29, 0.717) is 18.0 Å². The number of nitrogens with one attached hydrogen (secondary N) is 1. The van der Waals surface area contributed by atoms with Crippen molar-refractivity contribution >= 4 is 17.3 Å². The van der Waals surface area contributed by atoms with Crippen LogP contribution in [0.5, 0.6) is 5.75 Å². The molecule has 1 aromatic rings. The summed E-state index contributed by atoms with van der Waals surface area (Å²) in [4.78, 5) is 11.3. The van der Waals surface area contributed by atoms with E-state index in [1.807, 2.05) is 6.92 Å². The molecule has 17 heavy (non-hydrogen) atoms. The van der Waals surface area contributed by atoms with Gasteiger partial charge >= 0.3 is 5.97 Å². The van der Waals surface area contributed by atoms with Crippen molar-refractivity contribution in [3.63, 3.8) is 0 Å². The third kappa shape index (κ3) is 3.86. The Morgan fingerprint density at radius 1 is 1.47 bits per heavy atom. The Bertz CT molecular complexity index is 393. The van der Waals surface area contributed by atoms with Crippen LogP contribution >= 0.6 is 0 Å². The highest BCUT2D eigenvalue weighted by Gasteiger charge is 2.13. The molecule has 1 aromatic carbocycles. The largest absolute Gasteiger partial charge is 0.494 e. The minimum absolute atomic E-state index is 0.328. The normalized spacial score (nSPS) is 11.7. The van der Waals surface area contributed by atoms with Gasteiger partial charge in [-0.1, -0.05) is 0 Å². The van der Waals surface area contributed by atoms with Crippen molar-refractivity contribution in [1.82, 2.24) is 0 Å². The van der Waals surface area contributed by atoms with E-state index in [1.54, 1.807) is 25.1 Å². The van der Waals surface area contributed by atoms with Crippen LogP contribution in [0.3, 0.4) is 0 Å². The predicted octanol–water partition coefficient (Wildman–Crippen LogP) is 1.64. The van der Waals surface area contributed by atoms with Crippen molar-refractivity contribution in [1.29, 1.82) is 0 Å². The molecule has 0 aromatic heterocycles. The summed E-state index contributed by atoms with van der Waals surface area (Å²) in [5.41, 5.74) is 7.05. The van der Waals surface area contributed by atoms with Crippen molar-refractivity contribution in [3.8, 4) is 5.75 Å². The van der Waals surface area contributed by atoms with Crippen LogP contribution in [0.2, 0.25) is 0 Å². The standard InChI is InChI=1S/C12H18N2O3/c1-4-17-11-6-9(13)5-10(7-11)14-8(2)12(15)16-3/h5-8,14H,4,13H2,1-3H3. The van der Waals surface area contributed by atoms with E-state index < -0.39 is 6.04 Å². The fourth-order valence-electron chi connectivity index (χ4n) is 1.44. The molecule has 5 nitrogen and oxygen atoms in total. The summed E-state index contributed by atoms with van der Waals surface area (Å²) in [7, 11) is 1.35. The van der Waals surface area contributed by atoms with Crippen LogP contribution in [0, 0.1) is 0 Å². The van der Waals surface area contributed by atoms with Gasteiger partial charge in [0.05, 0.1) is 13.7 Å². The van der Waals surface area contributed by atoms with Gasteiger partial charge in [0.25, 0.3) is 0 Å². The topological polar surface area (TPSA) is 73.6 Å². The first kappa shape index (κ1) is 13.2. The Morgan fingerprint density at radius 2 is 2.18 bits per heavy atom. The average molecular weight is 238 g/mol. The molecular formula is C12H18N2O3. The second-order valence-corrected chi connectivity index (χ2v) is 3.61. The smallest absolute Gasteiger partial charge is 0.327 e. The Hall–Kier alpha value is -1.91. The molecule has 0 aliphatic heterocycles. The molecule has 1 rings (SSSR count). The molecule has 5 heteroatoms. The number of nitrogens with two attached hydrogens (primary N) is 1. The summed E-state index contributed by atoms with van der Waals surface area (Å²) in [6.45, 7) is 4.18. The summed E-state index contributed by atoms with van der Waals surface area (Å²) in [6.07, 6.45) is 0. The SMILES string of the molecule is CCOc1cc(N)cc(NC(C)C(=O)OC)c1. The lowest BCUT2D eigenvalue weighted by atomic mass is 10.2. The highest BCUT2D eigenvalue weighted by molar-refractivity contribution is 5.79. The molecule has 0 aliphatic rings. The van der Waals surface area contributed by atoms with E-state index in [1.165, 1.54) is 7.11 Å². The zero-order chi connectivity index (χ0) is 12.8. The first-order valence-corrected chi connectivity index (χ1v) is 5.44. The maximum Gasteiger partial charge on any atom is 0.327 e. The molecular weight excluding hydrogens is 220 g/mol. The number of nitrogen functional groups attached to an aromatic ring is 1. The van der Waals surface area contributed by atoms with Crippen LogP contribution < -0.4 is 15.8 Å². The highest BCUT2D eigenvalue weighted by atomic mass is 16.5. The number of hydrogen-bond donors (Lipinski definition) is 2. The second kappa shape index (κ2) is 5.98. The molecule has 0 aliphatic carbocycles. The van der Waals surface area contributed by atoms with E-state index in [4.69, 9.17) is 10.5 Å². The maximum atomic E-state index is 11.3. The monoisotopic (exact) mass is 238 g/mol. The number of benzene rings is 1. The predicted molar refractivity (Wildman–Crippen MR) is 67.1 cm³/mol. The first-order valence-electron chi connectivity index (χ1n) is 5.44. The Labute approximate surface area is 101 Å². The van der Waals surface area contributed by atoms with Crippen LogP contribution in [0.15, 0.2) is 18.2 Å². The third-order valence-electron chi connectivity index (χ3n) is 2.18. The van der Waals surface area contributed by atoms with E-state index in [-0.39, 0.29) is 5.97 Å². The van der Waals surface area contributed by atoms with Gasteiger partial charge in [0, 0.05) is 23.5 Å². The van der Waals surface area contributed by atoms with Gasteiger partial charge in [-0.3, -0.25) is 0 Å². The van der Waals surface area contributed by atoms with Gasteiger partial charge in [0.1, 0.15) is 11.8 Å². The fraction of sp³-hybridized carbons (Fsp3) is 0.417. The van der Waals surface area contributed by atoms with Crippen LogP contribution in [-0.4, -0.2) is 25.7 Å². The summed E-state index contributed by atoms with van der Waals surface area (Å²) >= 11 is 0. The minimum atomic E-state index is -0.434.